The van der Waals surface area contributed by atoms with Crippen LogP contribution in [0.15, 0.2) is 83.5 Å². The van der Waals surface area contributed by atoms with Crippen LogP contribution in [-0.2, 0) is 9.59 Å². The van der Waals surface area contributed by atoms with Gasteiger partial charge in [-0.2, -0.15) is 5.01 Å². The van der Waals surface area contributed by atoms with Crippen molar-refractivity contribution in [3.63, 3.8) is 0 Å². The van der Waals surface area contributed by atoms with E-state index >= 15 is 0 Å². The lowest BCUT2D eigenvalue weighted by molar-refractivity contribution is -0.124. The van der Waals surface area contributed by atoms with Crippen LogP contribution in [0.3, 0.4) is 0 Å². The second-order valence-corrected chi connectivity index (χ2v) is 8.23. The van der Waals surface area contributed by atoms with Crippen molar-refractivity contribution in [2.45, 2.75) is 13.8 Å². The monoisotopic (exact) mass is 502 g/mol. The van der Waals surface area contributed by atoms with E-state index in [0.29, 0.717) is 22.9 Å². The van der Waals surface area contributed by atoms with Crippen LogP contribution >= 0.6 is 11.6 Å². The molecule has 0 atom stereocenters. The third-order valence-electron chi connectivity index (χ3n) is 5.13. The van der Waals surface area contributed by atoms with Crippen LogP contribution in [0.5, 0.6) is 5.75 Å². The van der Waals surface area contributed by atoms with E-state index in [4.69, 9.17) is 16.3 Å². The Hall–Kier alpha value is -4.43. The number of hydrogen-bond donors (Lipinski definition) is 2. The molecule has 36 heavy (non-hydrogen) atoms. The lowest BCUT2D eigenvalue weighted by Crippen LogP contribution is -2.47. The highest BCUT2D eigenvalue weighted by atomic mass is 35.5. The molecule has 4 rings (SSSR count). The lowest BCUT2D eigenvalue weighted by atomic mass is 10.1. The molecule has 3 aromatic carbocycles. The van der Waals surface area contributed by atoms with Gasteiger partial charge in [-0.05, 0) is 42.8 Å². The van der Waals surface area contributed by atoms with Gasteiger partial charge < -0.3 is 10.1 Å². The number of nitrogens with zero attached hydrogens (tertiary/aromatic N) is 2. The Morgan fingerprint density at radius 3 is 2.44 bits per heavy atom. The fourth-order valence-electron chi connectivity index (χ4n) is 3.55. The average molecular weight is 503 g/mol. The largest absolute Gasteiger partial charge is 0.493 e. The molecular weight excluding hydrogens is 480 g/mol. The van der Waals surface area contributed by atoms with Gasteiger partial charge in [-0.25, -0.2) is 4.99 Å². The predicted molar refractivity (Wildman–Crippen MR) is 139 cm³/mol. The molecular formula is C27H23ClN4O4. The van der Waals surface area contributed by atoms with Crippen molar-refractivity contribution in [3.8, 4) is 5.75 Å². The number of amides is 3. The van der Waals surface area contributed by atoms with Crippen molar-refractivity contribution < 1.29 is 19.1 Å². The van der Waals surface area contributed by atoms with Gasteiger partial charge in [0.05, 0.1) is 12.2 Å². The molecule has 2 N–H and O–H groups in total. The third-order valence-corrected chi connectivity index (χ3v) is 5.38. The smallest absolute Gasteiger partial charge is 0.297 e. The van der Waals surface area contributed by atoms with Crippen molar-refractivity contribution >= 4 is 46.9 Å². The summed E-state index contributed by atoms with van der Waals surface area (Å²) in [5.41, 5.74) is 4.88. The summed E-state index contributed by atoms with van der Waals surface area (Å²) in [6.45, 7) is 3.47. The Morgan fingerprint density at radius 1 is 1.06 bits per heavy atom. The minimum Gasteiger partial charge on any atom is -0.493 e. The van der Waals surface area contributed by atoms with E-state index in [1.54, 1.807) is 61.5 Å². The zero-order valence-electron chi connectivity index (χ0n) is 19.6. The van der Waals surface area contributed by atoms with Gasteiger partial charge in [-0.1, -0.05) is 54.1 Å². The molecule has 0 radical (unpaired) electrons. The minimum absolute atomic E-state index is 0.155. The molecule has 0 saturated carbocycles. The number of anilines is 1. The fraction of sp³-hybridized carbons (Fsp3) is 0.111. The number of amidine groups is 1. The van der Waals surface area contributed by atoms with Gasteiger partial charge in [-0.3, -0.25) is 19.8 Å². The molecule has 9 heteroatoms. The van der Waals surface area contributed by atoms with Crippen LogP contribution in [0.4, 0.5) is 5.69 Å². The highest BCUT2D eigenvalue weighted by molar-refractivity contribution is 6.30. The summed E-state index contributed by atoms with van der Waals surface area (Å²) < 4.78 is 5.62. The second-order valence-electron chi connectivity index (χ2n) is 7.79. The van der Waals surface area contributed by atoms with Crippen LogP contribution in [-0.4, -0.2) is 35.2 Å². The van der Waals surface area contributed by atoms with Gasteiger partial charge in [0.15, 0.2) is 5.84 Å². The fourth-order valence-corrected chi connectivity index (χ4v) is 3.67. The number of nitrogens with one attached hydrogen (secondary N) is 2. The molecule has 1 heterocycles. The molecule has 1 aliphatic rings. The summed E-state index contributed by atoms with van der Waals surface area (Å²) >= 11 is 5.97. The summed E-state index contributed by atoms with van der Waals surface area (Å²) in [7, 11) is 0. The SMILES string of the molecule is CCOc1cc(NC(C)=O)ccc1C(=O)NN1C(=O)/C(=C/c2ccc(Cl)cc2)N=C1c1ccccc1. The summed E-state index contributed by atoms with van der Waals surface area (Å²) in [6, 6.07) is 20.7. The molecule has 1 aliphatic heterocycles. The highest BCUT2D eigenvalue weighted by Gasteiger charge is 2.33. The summed E-state index contributed by atoms with van der Waals surface area (Å²) in [6.07, 6.45) is 1.63. The van der Waals surface area contributed by atoms with Gasteiger partial charge in [0.25, 0.3) is 11.8 Å². The van der Waals surface area contributed by atoms with Gasteiger partial charge in [-0.15, -0.1) is 0 Å². The number of halogens is 1. The highest BCUT2D eigenvalue weighted by Crippen LogP contribution is 2.26. The molecule has 8 nitrogen and oxygen atoms in total. The molecule has 0 fully saturated rings. The van der Waals surface area contributed by atoms with Crippen molar-refractivity contribution in [2.24, 2.45) is 4.99 Å². The molecule has 3 amide bonds. The zero-order valence-corrected chi connectivity index (χ0v) is 20.4. The molecule has 0 aromatic heterocycles. The Labute approximate surface area is 213 Å². The first kappa shape index (κ1) is 24.7. The molecule has 3 aromatic rings. The maximum absolute atomic E-state index is 13.3. The first-order valence-electron chi connectivity index (χ1n) is 11.2. The first-order valence-corrected chi connectivity index (χ1v) is 11.5. The third kappa shape index (κ3) is 5.61. The van der Waals surface area contributed by atoms with Gasteiger partial charge in [0, 0.05) is 29.3 Å². The first-order chi connectivity index (χ1) is 17.4. The summed E-state index contributed by atoms with van der Waals surface area (Å²) in [5, 5.41) is 4.36. The number of rotatable bonds is 7. The van der Waals surface area contributed by atoms with E-state index in [2.05, 4.69) is 15.7 Å². The van der Waals surface area contributed by atoms with E-state index in [1.165, 1.54) is 13.0 Å². The van der Waals surface area contributed by atoms with E-state index in [1.807, 2.05) is 18.2 Å². The van der Waals surface area contributed by atoms with E-state index in [0.717, 1.165) is 10.6 Å². The van der Waals surface area contributed by atoms with Crippen LogP contribution in [0.1, 0.15) is 35.3 Å². The number of ether oxygens (including phenoxy) is 1. The molecule has 0 spiro atoms. The quantitative estimate of drug-likeness (QED) is 0.458. The number of aliphatic imine (C=N–C) groups is 1. The molecule has 0 bridgehead atoms. The molecule has 0 aliphatic carbocycles. The Balaban J connectivity index is 1.67. The molecule has 182 valence electrons. The Morgan fingerprint density at radius 2 is 1.78 bits per heavy atom. The Kier molecular flexibility index (Phi) is 7.46. The van der Waals surface area contributed by atoms with Crippen LogP contribution in [0.25, 0.3) is 6.08 Å². The maximum Gasteiger partial charge on any atom is 0.297 e. The normalized spacial score (nSPS) is 14.0. The van der Waals surface area contributed by atoms with Crippen molar-refractivity contribution in [2.75, 3.05) is 11.9 Å². The topological polar surface area (TPSA) is 100 Å². The number of hydrogen-bond acceptors (Lipinski definition) is 5. The van der Waals surface area contributed by atoms with Crippen molar-refractivity contribution in [3.05, 3.63) is 100 Å². The minimum atomic E-state index is -0.572. The van der Waals surface area contributed by atoms with Crippen molar-refractivity contribution in [1.29, 1.82) is 0 Å². The van der Waals surface area contributed by atoms with Crippen LogP contribution in [0.2, 0.25) is 5.02 Å². The summed E-state index contributed by atoms with van der Waals surface area (Å²) in [4.78, 5) is 42.6. The summed E-state index contributed by atoms with van der Waals surface area (Å²) in [5.74, 6) is -0.770. The van der Waals surface area contributed by atoms with Gasteiger partial charge in [0.2, 0.25) is 5.91 Å². The Bertz CT molecular complexity index is 1370. The number of carbonyl (C=O) groups excluding carboxylic acids is 3. The standard InChI is InChI=1S/C27H23ClN4O4/c1-3-36-24-16-21(29-17(2)33)13-14-22(24)26(34)31-32-25(19-7-5-4-6-8-19)30-23(27(32)35)15-18-9-11-20(28)12-10-18/h4-16H,3H2,1-2H3,(H,29,33)(H,31,34)/b23-15-. The number of carbonyl (C=O) groups is 3. The van der Waals surface area contributed by atoms with E-state index in [9.17, 15) is 14.4 Å². The van der Waals surface area contributed by atoms with Crippen molar-refractivity contribution in [1.82, 2.24) is 10.4 Å². The maximum atomic E-state index is 13.3. The van der Waals surface area contributed by atoms with Gasteiger partial charge >= 0.3 is 0 Å². The van der Waals surface area contributed by atoms with Crippen LogP contribution < -0.4 is 15.5 Å². The number of benzene rings is 3. The average Bonchev–Trinajstić information content (AvgIpc) is 3.16. The second kappa shape index (κ2) is 10.9. The predicted octanol–water partition coefficient (Wildman–Crippen LogP) is 4.67. The van der Waals surface area contributed by atoms with Crippen LogP contribution in [0, 0.1) is 0 Å². The molecule has 0 unspecified atom stereocenters. The van der Waals surface area contributed by atoms with E-state index in [-0.39, 0.29) is 28.8 Å². The zero-order chi connectivity index (χ0) is 25.7. The lowest BCUT2D eigenvalue weighted by Gasteiger charge is -2.20. The molecule has 0 saturated heterocycles. The van der Waals surface area contributed by atoms with E-state index < -0.39 is 11.8 Å². The van der Waals surface area contributed by atoms with Gasteiger partial charge in [0.1, 0.15) is 11.4 Å². The number of hydrazine groups is 1.